The Morgan fingerprint density at radius 1 is 0.891 bits per heavy atom. The summed E-state index contributed by atoms with van der Waals surface area (Å²) in [5, 5.41) is 6.68. The summed E-state index contributed by atoms with van der Waals surface area (Å²) in [5.41, 5.74) is 2.25. The molecule has 10 nitrogen and oxygen atoms in total. The number of amides is 2. The number of benzene rings is 3. The number of rotatable bonds is 6. The second-order valence-corrected chi connectivity index (χ2v) is 12.0. The first kappa shape index (κ1) is 29.4. The molecule has 2 aliphatic rings. The lowest BCUT2D eigenvalue weighted by Crippen LogP contribution is -2.47. The highest BCUT2D eigenvalue weighted by atomic mass is 35.5. The molecule has 2 unspecified atom stereocenters. The van der Waals surface area contributed by atoms with Crippen molar-refractivity contribution in [2.75, 3.05) is 35.7 Å². The van der Waals surface area contributed by atoms with Gasteiger partial charge in [0.25, 0.3) is 17.4 Å². The van der Waals surface area contributed by atoms with Crippen molar-refractivity contribution < 1.29 is 18.7 Å². The van der Waals surface area contributed by atoms with Crippen LogP contribution in [0.15, 0.2) is 98.9 Å². The van der Waals surface area contributed by atoms with E-state index < -0.39 is 17.4 Å². The number of hydrogen-bond acceptors (Lipinski definition) is 7. The number of methoxy groups -OCH3 is 1. The number of carbonyl (C=O) groups is 2. The fourth-order valence-corrected chi connectivity index (χ4v) is 6.76. The van der Waals surface area contributed by atoms with Crippen LogP contribution in [0.2, 0.25) is 5.02 Å². The summed E-state index contributed by atoms with van der Waals surface area (Å²) in [6.45, 7) is 1.86. The molecule has 7 rings (SSSR count). The van der Waals surface area contributed by atoms with Crippen LogP contribution in [0.25, 0.3) is 11.0 Å². The van der Waals surface area contributed by atoms with Crippen LogP contribution < -0.4 is 31.5 Å². The van der Waals surface area contributed by atoms with Crippen LogP contribution in [-0.2, 0) is 6.54 Å². The molecule has 0 radical (unpaired) electrons. The Morgan fingerprint density at radius 3 is 2.57 bits per heavy atom. The zero-order chi connectivity index (χ0) is 31.9. The monoisotopic (exact) mass is 636 g/mol. The maximum Gasteiger partial charge on any atom is 0.349 e. The van der Waals surface area contributed by atoms with Crippen molar-refractivity contribution in [3.05, 3.63) is 128 Å². The van der Waals surface area contributed by atoms with Gasteiger partial charge in [0.05, 0.1) is 23.5 Å². The van der Waals surface area contributed by atoms with Crippen molar-refractivity contribution in [3.63, 3.8) is 0 Å². The fraction of sp³-hybridized carbons (Fsp3) is 0.200. The summed E-state index contributed by atoms with van der Waals surface area (Å²) in [6.07, 6.45) is 0.949. The van der Waals surface area contributed by atoms with Gasteiger partial charge in [-0.1, -0.05) is 35.9 Å². The third kappa shape index (κ3) is 5.52. The molecule has 2 N–H and O–H groups in total. The first-order chi connectivity index (χ1) is 22.3. The number of nitrogens with one attached hydrogen (secondary N) is 2. The Kier molecular flexibility index (Phi) is 7.58. The second kappa shape index (κ2) is 11.9. The van der Waals surface area contributed by atoms with E-state index in [0.29, 0.717) is 58.4 Å². The summed E-state index contributed by atoms with van der Waals surface area (Å²) in [5.74, 6) is -0.275. The van der Waals surface area contributed by atoms with Crippen LogP contribution in [0.3, 0.4) is 0 Å². The van der Waals surface area contributed by atoms with E-state index in [1.807, 2.05) is 10.6 Å². The van der Waals surface area contributed by atoms with E-state index in [1.54, 1.807) is 72.8 Å². The third-order valence-electron chi connectivity index (χ3n) is 8.62. The van der Waals surface area contributed by atoms with Gasteiger partial charge in [0.2, 0.25) is 0 Å². The van der Waals surface area contributed by atoms with E-state index in [4.69, 9.17) is 20.8 Å². The Hall–Kier alpha value is -5.35. The number of anilines is 3. The van der Waals surface area contributed by atoms with Crippen molar-refractivity contribution in [1.29, 1.82) is 0 Å². The number of pyridine rings is 1. The number of halogens is 1. The van der Waals surface area contributed by atoms with Crippen molar-refractivity contribution in [1.82, 2.24) is 4.57 Å². The Morgan fingerprint density at radius 2 is 1.74 bits per heavy atom. The minimum Gasteiger partial charge on any atom is -0.495 e. The van der Waals surface area contributed by atoms with E-state index in [9.17, 15) is 19.2 Å². The molecular formula is C35H29ClN4O6. The highest BCUT2D eigenvalue weighted by Crippen LogP contribution is 2.39. The normalized spacial score (nSPS) is 16.9. The number of carbonyl (C=O) groups excluding carboxylic acids is 2. The number of aromatic nitrogens is 1. The second-order valence-electron chi connectivity index (χ2n) is 11.6. The average Bonchev–Trinajstić information content (AvgIpc) is 3.05. The number of ether oxygens (including phenoxy) is 1. The van der Waals surface area contributed by atoms with Gasteiger partial charge >= 0.3 is 5.63 Å². The van der Waals surface area contributed by atoms with E-state index in [-0.39, 0.29) is 28.5 Å². The molecule has 1 fully saturated rings. The lowest BCUT2D eigenvalue weighted by molar-refractivity contribution is 0.101. The van der Waals surface area contributed by atoms with E-state index >= 15 is 0 Å². The summed E-state index contributed by atoms with van der Waals surface area (Å²) in [7, 11) is 1.51. The van der Waals surface area contributed by atoms with Gasteiger partial charge in [-0.15, -0.1) is 0 Å². The lowest BCUT2D eigenvalue weighted by atomic mass is 9.83. The smallest absolute Gasteiger partial charge is 0.349 e. The molecular weight excluding hydrogens is 608 g/mol. The highest BCUT2D eigenvalue weighted by molar-refractivity contribution is 6.32. The van der Waals surface area contributed by atoms with Crippen molar-refractivity contribution in [2.45, 2.75) is 18.9 Å². The molecule has 2 aromatic heterocycles. The van der Waals surface area contributed by atoms with Crippen molar-refractivity contribution in [2.24, 2.45) is 5.92 Å². The van der Waals surface area contributed by atoms with Gasteiger partial charge in [0.15, 0.2) is 0 Å². The van der Waals surface area contributed by atoms with Gasteiger partial charge in [0.1, 0.15) is 16.9 Å². The first-order valence-electron chi connectivity index (χ1n) is 14.9. The van der Waals surface area contributed by atoms with Crippen LogP contribution in [0.5, 0.6) is 5.75 Å². The van der Waals surface area contributed by atoms with Gasteiger partial charge < -0.3 is 29.3 Å². The molecule has 0 saturated carbocycles. The Bertz CT molecular complexity index is 2140. The predicted octanol–water partition coefficient (Wildman–Crippen LogP) is 5.75. The van der Waals surface area contributed by atoms with Crippen LogP contribution in [0.1, 0.15) is 38.7 Å². The maximum atomic E-state index is 13.6. The number of hydrogen-bond donors (Lipinski definition) is 2. The molecule has 46 heavy (non-hydrogen) atoms. The maximum absolute atomic E-state index is 13.6. The van der Waals surface area contributed by atoms with Crippen LogP contribution in [0, 0.1) is 5.92 Å². The minimum atomic E-state index is -0.766. The number of nitrogens with zero attached hydrogens (tertiary/aromatic N) is 2. The van der Waals surface area contributed by atoms with Crippen molar-refractivity contribution in [3.8, 4) is 5.75 Å². The SMILES string of the molecule is COc1ccc(NC(=O)c2ccc(N3CC4CC(C3)c3cccc(=O)n3C4)c(NC(=O)c3cc4ccccc4oc3=O)c2)cc1Cl. The van der Waals surface area contributed by atoms with Crippen LogP contribution in [0.4, 0.5) is 17.1 Å². The molecule has 0 spiro atoms. The summed E-state index contributed by atoms with van der Waals surface area (Å²) >= 11 is 6.25. The van der Waals surface area contributed by atoms with Crippen LogP contribution >= 0.6 is 11.6 Å². The Balaban J connectivity index is 1.23. The lowest BCUT2D eigenvalue weighted by Gasteiger charge is -2.44. The molecule has 3 aromatic carbocycles. The van der Waals surface area contributed by atoms with Crippen molar-refractivity contribution >= 4 is 51.4 Å². The average molecular weight is 637 g/mol. The number of fused-ring (bicyclic) bond motifs is 5. The first-order valence-corrected chi connectivity index (χ1v) is 15.2. The summed E-state index contributed by atoms with van der Waals surface area (Å²) in [4.78, 5) is 54.6. The number of para-hydroxylation sites is 1. The molecule has 232 valence electrons. The summed E-state index contributed by atoms with van der Waals surface area (Å²) in [6, 6.07) is 23.8. The van der Waals surface area contributed by atoms with Gasteiger partial charge in [-0.25, -0.2) is 4.79 Å². The molecule has 2 atom stereocenters. The van der Waals surface area contributed by atoms with E-state index in [0.717, 1.165) is 12.1 Å². The molecule has 4 heterocycles. The standard InChI is InChI=1S/C35H29ClN4O6/c1-45-31-12-10-24(16-26(31)36)37-33(42)22-9-11-29(39-17-20-13-23(19-39)28-6-4-8-32(41)40(28)18-20)27(15-22)38-34(43)25-14-21-5-2-3-7-30(21)46-35(25)44/h2-12,14-16,20,23H,13,17-19H2,1H3,(H,37,42)(H,38,43). The van der Waals surface area contributed by atoms with Crippen LogP contribution in [-0.4, -0.2) is 36.6 Å². The minimum absolute atomic E-state index is 0.00340. The fourth-order valence-electron chi connectivity index (χ4n) is 6.50. The zero-order valence-electron chi connectivity index (χ0n) is 24.8. The quantitative estimate of drug-likeness (QED) is 0.228. The molecule has 2 bridgehead atoms. The topological polar surface area (TPSA) is 123 Å². The molecule has 11 heteroatoms. The van der Waals surface area contributed by atoms with E-state index in [2.05, 4.69) is 15.5 Å². The van der Waals surface area contributed by atoms with Gasteiger partial charge in [-0.3, -0.25) is 14.4 Å². The Labute approximate surface area is 268 Å². The predicted molar refractivity (Wildman–Crippen MR) is 177 cm³/mol. The third-order valence-corrected chi connectivity index (χ3v) is 8.92. The number of piperidine rings is 1. The largest absolute Gasteiger partial charge is 0.495 e. The summed E-state index contributed by atoms with van der Waals surface area (Å²) < 4.78 is 12.5. The molecule has 0 aliphatic carbocycles. The molecule has 2 amide bonds. The molecule has 1 saturated heterocycles. The molecule has 2 aliphatic heterocycles. The zero-order valence-corrected chi connectivity index (χ0v) is 25.5. The van der Waals surface area contributed by atoms with Gasteiger partial charge in [-0.05, 0) is 66.9 Å². The molecule has 5 aromatic rings. The van der Waals surface area contributed by atoms with E-state index in [1.165, 1.54) is 13.2 Å². The highest BCUT2D eigenvalue weighted by Gasteiger charge is 2.35. The van der Waals surface area contributed by atoms with Gasteiger partial charge in [-0.2, -0.15) is 0 Å². The van der Waals surface area contributed by atoms with Gasteiger partial charge in [0, 0.05) is 53.9 Å².